The van der Waals surface area contributed by atoms with Crippen molar-refractivity contribution in [1.82, 2.24) is 9.97 Å². The Kier molecular flexibility index (Phi) is 4.14. The van der Waals surface area contributed by atoms with Crippen LogP contribution in [0.4, 0.5) is 5.82 Å². The molecule has 0 saturated heterocycles. The SMILES string of the molecule is CCOC1CC(Nc2nc(Cl)ncc2Br)C1(C)C. The fourth-order valence-electron chi connectivity index (χ4n) is 2.23. The van der Waals surface area contributed by atoms with Crippen molar-refractivity contribution in [3.8, 4) is 0 Å². The van der Waals surface area contributed by atoms with Gasteiger partial charge in [-0.3, -0.25) is 0 Å². The fourth-order valence-corrected chi connectivity index (χ4v) is 2.67. The van der Waals surface area contributed by atoms with E-state index in [1.54, 1.807) is 6.20 Å². The van der Waals surface area contributed by atoms with Crippen LogP contribution < -0.4 is 5.32 Å². The Labute approximate surface area is 121 Å². The molecule has 1 saturated carbocycles. The summed E-state index contributed by atoms with van der Waals surface area (Å²) in [5.74, 6) is 0.739. The van der Waals surface area contributed by atoms with Gasteiger partial charge in [0.25, 0.3) is 0 Å². The zero-order valence-electron chi connectivity index (χ0n) is 10.7. The highest BCUT2D eigenvalue weighted by Gasteiger charge is 2.49. The molecule has 2 unspecified atom stereocenters. The zero-order chi connectivity index (χ0) is 13.3. The summed E-state index contributed by atoms with van der Waals surface area (Å²) in [6, 6.07) is 0.330. The maximum Gasteiger partial charge on any atom is 0.224 e. The normalized spacial score (nSPS) is 25.6. The Bertz CT molecular complexity index is 441. The van der Waals surface area contributed by atoms with E-state index in [-0.39, 0.29) is 10.7 Å². The molecule has 4 nitrogen and oxygen atoms in total. The van der Waals surface area contributed by atoms with Crippen LogP contribution in [-0.4, -0.2) is 28.7 Å². The summed E-state index contributed by atoms with van der Waals surface area (Å²) >= 11 is 9.22. The molecule has 1 aliphatic carbocycles. The number of nitrogens with one attached hydrogen (secondary N) is 1. The van der Waals surface area contributed by atoms with Gasteiger partial charge >= 0.3 is 0 Å². The molecule has 18 heavy (non-hydrogen) atoms. The zero-order valence-corrected chi connectivity index (χ0v) is 13.0. The lowest BCUT2D eigenvalue weighted by Crippen LogP contribution is -2.58. The maximum atomic E-state index is 5.80. The lowest BCUT2D eigenvalue weighted by molar-refractivity contribution is -0.0976. The van der Waals surface area contributed by atoms with Crippen molar-refractivity contribution in [3.05, 3.63) is 16.0 Å². The van der Waals surface area contributed by atoms with Crippen LogP contribution in [0, 0.1) is 5.41 Å². The average molecular weight is 335 g/mol. The van der Waals surface area contributed by atoms with E-state index in [9.17, 15) is 0 Å². The molecule has 2 atom stereocenters. The highest BCUT2D eigenvalue weighted by atomic mass is 79.9. The van der Waals surface area contributed by atoms with Crippen LogP contribution in [-0.2, 0) is 4.74 Å². The Morgan fingerprint density at radius 3 is 2.94 bits per heavy atom. The van der Waals surface area contributed by atoms with Gasteiger partial charge in [0.05, 0.1) is 10.6 Å². The first-order valence-electron chi connectivity index (χ1n) is 6.01. The number of aromatic nitrogens is 2. The minimum atomic E-state index is 0.0902. The Hall–Kier alpha value is -0.390. The van der Waals surface area contributed by atoms with Crippen molar-refractivity contribution in [3.63, 3.8) is 0 Å². The number of ether oxygens (including phenoxy) is 1. The number of rotatable bonds is 4. The molecule has 6 heteroatoms. The van der Waals surface area contributed by atoms with E-state index in [0.717, 1.165) is 23.3 Å². The van der Waals surface area contributed by atoms with Crippen LogP contribution in [0.25, 0.3) is 0 Å². The van der Waals surface area contributed by atoms with Gasteiger partial charge in [-0.2, -0.15) is 4.98 Å². The lowest BCUT2D eigenvalue weighted by atomic mass is 9.64. The summed E-state index contributed by atoms with van der Waals surface area (Å²) in [5, 5.41) is 3.65. The molecule has 1 aromatic rings. The lowest BCUT2D eigenvalue weighted by Gasteiger charge is -2.51. The quantitative estimate of drug-likeness (QED) is 0.856. The van der Waals surface area contributed by atoms with Crippen LogP contribution >= 0.6 is 27.5 Å². The van der Waals surface area contributed by atoms with Gasteiger partial charge in [-0.15, -0.1) is 0 Å². The molecule has 0 amide bonds. The minimum Gasteiger partial charge on any atom is -0.378 e. The molecule has 0 bridgehead atoms. The van der Waals surface area contributed by atoms with Crippen molar-refractivity contribution >= 4 is 33.3 Å². The number of hydrogen-bond acceptors (Lipinski definition) is 4. The molecular formula is C12H17BrClN3O. The van der Waals surface area contributed by atoms with Gasteiger partial charge in [-0.05, 0) is 40.9 Å². The molecule has 1 aliphatic rings. The Morgan fingerprint density at radius 2 is 2.33 bits per heavy atom. The third-order valence-electron chi connectivity index (χ3n) is 3.57. The van der Waals surface area contributed by atoms with E-state index in [0.29, 0.717) is 12.1 Å². The smallest absolute Gasteiger partial charge is 0.224 e. The summed E-state index contributed by atoms with van der Waals surface area (Å²) in [5.41, 5.74) is 0.0902. The number of halogens is 2. The monoisotopic (exact) mass is 333 g/mol. The maximum absolute atomic E-state index is 5.80. The minimum absolute atomic E-state index is 0.0902. The summed E-state index contributed by atoms with van der Waals surface area (Å²) in [6.45, 7) is 7.18. The Morgan fingerprint density at radius 1 is 1.61 bits per heavy atom. The van der Waals surface area contributed by atoms with Crippen molar-refractivity contribution in [2.24, 2.45) is 5.41 Å². The number of nitrogens with zero attached hydrogens (tertiary/aromatic N) is 2. The summed E-state index contributed by atoms with van der Waals surface area (Å²) in [7, 11) is 0. The van der Waals surface area contributed by atoms with Crippen molar-refractivity contribution < 1.29 is 4.74 Å². The van der Waals surface area contributed by atoms with Gasteiger partial charge in [-0.25, -0.2) is 4.98 Å². The van der Waals surface area contributed by atoms with E-state index in [2.05, 4.69) is 45.1 Å². The third-order valence-corrected chi connectivity index (χ3v) is 4.33. The Balaban J connectivity index is 2.05. The fraction of sp³-hybridized carbons (Fsp3) is 0.667. The second kappa shape index (κ2) is 5.31. The van der Waals surface area contributed by atoms with E-state index >= 15 is 0 Å². The first-order chi connectivity index (χ1) is 8.45. The molecule has 1 fully saturated rings. The van der Waals surface area contributed by atoms with Gasteiger partial charge < -0.3 is 10.1 Å². The second-order valence-electron chi connectivity index (χ2n) is 5.03. The number of hydrogen-bond donors (Lipinski definition) is 1. The summed E-state index contributed by atoms with van der Waals surface area (Å²) in [4.78, 5) is 8.10. The predicted octanol–water partition coefficient (Wildman–Crippen LogP) is 3.51. The van der Waals surface area contributed by atoms with Crippen LogP contribution in [0.1, 0.15) is 27.2 Å². The highest BCUT2D eigenvalue weighted by Crippen LogP contribution is 2.44. The van der Waals surface area contributed by atoms with Crippen LogP contribution in [0.5, 0.6) is 0 Å². The van der Waals surface area contributed by atoms with E-state index in [1.807, 2.05) is 6.92 Å². The molecule has 1 aromatic heterocycles. The summed E-state index contributed by atoms with van der Waals surface area (Å²) < 4.78 is 6.53. The average Bonchev–Trinajstić information content (AvgIpc) is 2.32. The van der Waals surface area contributed by atoms with E-state index in [1.165, 1.54) is 0 Å². The molecule has 0 radical (unpaired) electrons. The standard InChI is InChI=1S/C12H17BrClN3O/c1-4-18-9-5-8(12(9,2)3)16-10-7(13)6-15-11(14)17-10/h6,8-9H,4-5H2,1-3H3,(H,15,16,17). The highest BCUT2D eigenvalue weighted by molar-refractivity contribution is 9.10. The molecule has 1 N–H and O–H groups in total. The van der Waals surface area contributed by atoms with Crippen molar-refractivity contribution in [1.29, 1.82) is 0 Å². The molecular weight excluding hydrogens is 318 g/mol. The first-order valence-corrected chi connectivity index (χ1v) is 7.18. The molecule has 0 spiro atoms. The van der Waals surface area contributed by atoms with Gasteiger partial charge in [0.2, 0.25) is 5.28 Å². The molecule has 0 aliphatic heterocycles. The first kappa shape index (κ1) is 14.0. The van der Waals surface area contributed by atoms with Crippen LogP contribution in [0.3, 0.4) is 0 Å². The van der Waals surface area contributed by atoms with Gasteiger partial charge in [0.1, 0.15) is 5.82 Å². The molecule has 1 heterocycles. The largest absolute Gasteiger partial charge is 0.378 e. The molecule has 2 rings (SSSR count). The van der Waals surface area contributed by atoms with Crippen LogP contribution in [0.15, 0.2) is 10.7 Å². The third kappa shape index (κ3) is 2.63. The second-order valence-corrected chi connectivity index (χ2v) is 6.23. The predicted molar refractivity (Wildman–Crippen MR) is 76.0 cm³/mol. The van der Waals surface area contributed by atoms with Crippen molar-refractivity contribution in [2.75, 3.05) is 11.9 Å². The van der Waals surface area contributed by atoms with E-state index in [4.69, 9.17) is 16.3 Å². The van der Waals surface area contributed by atoms with Gasteiger partial charge in [0.15, 0.2) is 0 Å². The van der Waals surface area contributed by atoms with E-state index < -0.39 is 0 Å². The van der Waals surface area contributed by atoms with Crippen molar-refractivity contribution in [2.45, 2.75) is 39.3 Å². The van der Waals surface area contributed by atoms with Gasteiger partial charge in [-0.1, -0.05) is 13.8 Å². The topological polar surface area (TPSA) is 47.0 Å². The summed E-state index contributed by atoms with van der Waals surface area (Å²) in [6.07, 6.45) is 2.94. The molecule has 100 valence electrons. The van der Waals surface area contributed by atoms with Gasteiger partial charge in [0, 0.05) is 24.3 Å². The number of anilines is 1. The molecule has 0 aromatic carbocycles. The van der Waals surface area contributed by atoms with Crippen LogP contribution in [0.2, 0.25) is 5.28 Å².